The summed E-state index contributed by atoms with van der Waals surface area (Å²) in [5.41, 5.74) is 3.30. The number of alkyl halides is 3. The lowest BCUT2D eigenvalue weighted by molar-refractivity contribution is -0.198. The Morgan fingerprint density at radius 3 is 2.50 bits per heavy atom. The number of rotatable bonds is 3. The summed E-state index contributed by atoms with van der Waals surface area (Å²) in [4.78, 5) is 55.3. The van der Waals surface area contributed by atoms with Gasteiger partial charge < -0.3 is 14.5 Å². The smallest absolute Gasteiger partial charge is 0.365 e. The van der Waals surface area contributed by atoms with E-state index in [1.807, 2.05) is 13.8 Å². The zero-order chi connectivity index (χ0) is 32.9. The van der Waals surface area contributed by atoms with Crippen LogP contribution >= 0.6 is 0 Å². The third-order valence-corrected chi connectivity index (χ3v) is 13.3. The topological polar surface area (TPSA) is 93.2 Å². The predicted molar refractivity (Wildman–Crippen MR) is 159 cm³/mol. The average Bonchev–Trinajstić information content (AvgIpc) is 3.62. The third-order valence-electron chi connectivity index (χ3n) is 13.3. The van der Waals surface area contributed by atoms with Crippen LogP contribution in [0.1, 0.15) is 98.3 Å². The molecule has 0 aromatic rings. The molecule has 7 aliphatic rings. The Kier molecular flexibility index (Phi) is 7.57. The molecular formula is C35H45F3N2O6. The molecule has 8 nitrogen and oxygen atoms in total. The molecule has 0 unspecified atom stereocenters. The molecular weight excluding hydrogens is 601 g/mol. The number of imide groups is 1. The third kappa shape index (κ3) is 4.80. The van der Waals surface area contributed by atoms with Crippen LogP contribution in [0.15, 0.2) is 22.8 Å². The van der Waals surface area contributed by atoms with Gasteiger partial charge in [0.1, 0.15) is 0 Å². The molecule has 11 heteroatoms. The monoisotopic (exact) mass is 646 g/mol. The number of halogens is 3. The lowest BCUT2D eigenvalue weighted by Gasteiger charge is -2.49. The van der Waals surface area contributed by atoms with Crippen LogP contribution in [0.25, 0.3) is 0 Å². The molecule has 0 aromatic heterocycles. The summed E-state index contributed by atoms with van der Waals surface area (Å²) in [6.45, 7) is 8.49. The van der Waals surface area contributed by atoms with E-state index in [-0.39, 0.29) is 49.0 Å². The summed E-state index contributed by atoms with van der Waals surface area (Å²) in [6.07, 6.45) is 4.20. The number of hydrogen-bond acceptors (Lipinski definition) is 6. The van der Waals surface area contributed by atoms with Gasteiger partial charge in [-0.15, -0.1) is 5.06 Å². The zero-order valence-corrected chi connectivity index (χ0v) is 27.2. The average molecular weight is 647 g/mol. The summed E-state index contributed by atoms with van der Waals surface area (Å²) >= 11 is 0. The van der Waals surface area contributed by atoms with Gasteiger partial charge in [-0.05, 0) is 98.9 Å². The number of allylic oxidation sites excluding steroid dienone is 3. The summed E-state index contributed by atoms with van der Waals surface area (Å²) in [5, 5.41) is 0.624. The SMILES string of the molecule is CC1=C2C[C@H]3[C@@H](CC=C4C[C@@H](CC(=O)ON5C(=O)CCC5=O)CC[C@@]43C)[C@@H]2CC[C@]12O[C@@H]1C[C@H](C)CN(C(=O)C(F)(F)F)[C@H]1[C@H]2C. The van der Waals surface area contributed by atoms with Crippen molar-refractivity contribution in [3.63, 3.8) is 0 Å². The van der Waals surface area contributed by atoms with Gasteiger partial charge in [0.15, 0.2) is 0 Å². The van der Waals surface area contributed by atoms with E-state index in [9.17, 15) is 32.3 Å². The van der Waals surface area contributed by atoms with E-state index < -0.39 is 47.6 Å². The normalized spacial score (nSPS) is 42.1. The number of hydrogen-bond donors (Lipinski definition) is 0. The fourth-order valence-corrected chi connectivity index (χ4v) is 11.0. The van der Waals surface area contributed by atoms with Gasteiger partial charge in [-0.3, -0.25) is 14.4 Å². The molecule has 0 bridgehead atoms. The lowest BCUT2D eigenvalue weighted by atomic mass is 9.55. The van der Waals surface area contributed by atoms with Crippen LogP contribution in [-0.2, 0) is 28.8 Å². The Bertz CT molecular complexity index is 1410. The molecule has 3 amide bonds. The standard InChI is InChI=1S/C35H45F3N2O6/c1-18-13-27-31(39(17-18)32(44)35(36,37)38)20(3)34(45-27)12-10-23-24-6-5-22-14-21(15-30(43)46-40-28(41)7-8-29(40)42)9-11-33(22,4)26(24)16-25(23)19(34)2/h5,18,20-21,23-24,26-27,31H,6-17H2,1-4H3/t18-,20+,21-,23-,24-,26-,27+,31-,33-,34-/m0/s1. The van der Waals surface area contributed by atoms with Crippen molar-refractivity contribution >= 4 is 23.7 Å². The van der Waals surface area contributed by atoms with Gasteiger partial charge in [-0.1, -0.05) is 38.0 Å². The lowest BCUT2D eigenvalue weighted by Crippen LogP contribution is -2.57. The van der Waals surface area contributed by atoms with Gasteiger partial charge in [0, 0.05) is 25.3 Å². The van der Waals surface area contributed by atoms with E-state index in [0.717, 1.165) is 49.8 Å². The Morgan fingerprint density at radius 1 is 1.09 bits per heavy atom. The molecule has 4 aliphatic carbocycles. The summed E-state index contributed by atoms with van der Waals surface area (Å²) in [6, 6.07) is -0.587. The molecule has 3 heterocycles. The second-order valence-corrected chi connectivity index (χ2v) is 15.6. The molecule has 252 valence electrons. The van der Waals surface area contributed by atoms with Gasteiger partial charge in [0.25, 0.3) is 11.8 Å². The van der Waals surface area contributed by atoms with E-state index in [2.05, 4.69) is 19.9 Å². The Labute approximate surface area is 268 Å². The molecule has 3 saturated heterocycles. The first kappa shape index (κ1) is 31.9. The number of carbonyl (C=O) groups is 4. The number of fused-ring (bicyclic) bond motifs is 6. The number of nitrogens with zero attached hydrogens (tertiary/aromatic N) is 2. The van der Waals surface area contributed by atoms with Crippen molar-refractivity contribution in [2.75, 3.05) is 6.54 Å². The predicted octanol–water partition coefficient (Wildman–Crippen LogP) is 6.06. The van der Waals surface area contributed by atoms with Crippen LogP contribution in [0, 0.1) is 40.9 Å². The fourth-order valence-electron chi connectivity index (χ4n) is 11.0. The number of piperidine rings is 1. The van der Waals surface area contributed by atoms with Crippen molar-refractivity contribution < 1.29 is 41.9 Å². The molecule has 5 fully saturated rings. The largest absolute Gasteiger partial charge is 0.471 e. The summed E-state index contributed by atoms with van der Waals surface area (Å²) in [7, 11) is 0. The zero-order valence-electron chi connectivity index (χ0n) is 27.2. The van der Waals surface area contributed by atoms with Crippen LogP contribution in [0.3, 0.4) is 0 Å². The number of carbonyl (C=O) groups excluding carboxylic acids is 4. The molecule has 7 rings (SSSR count). The maximum Gasteiger partial charge on any atom is 0.471 e. The van der Waals surface area contributed by atoms with Crippen LogP contribution in [0.2, 0.25) is 0 Å². The van der Waals surface area contributed by atoms with Crippen LogP contribution in [0.5, 0.6) is 0 Å². The quantitative estimate of drug-likeness (QED) is 0.274. The minimum atomic E-state index is -4.91. The minimum Gasteiger partial charge on any atom is -0.365 e. The highest BCUT2D eigenvalue weighted by Gasteiger charge is 2.63. The van der Waals surface area contributed by atoms with Crippen molar-refractivity contribution in [1.29, 1.82) is 0 Å². The second-order valence-electron chi connectivity index (χ2n) is 15.6. The second kappa shape index (κ2) is 10.9. The minimum absolute atomic E-state index is 0.0104. The van der Waals surface area contributed by atoms with Crippen LogP contribution in [0.4, 0.5) is 13.2 Å². The molecule has 1 spiro atoms. The summed E-state index contributed by atoms with van der Waals surface area (Å²) in [5.74, 6) is -2.10. The van der Waals surface area contributed by atoms with Crippen molar-refractivity contribution in [2.45, 2.75) is 122 Å². The molecule has 0 aromatic carbocycles. The Balaban J connectivity index is 1.08. The van der Waals surface area contributed by atoms with Crippen molar-refractivity contribution in [1.82, 2.24) is 9.96 Å². The van der Waals surface area contributed by atoms with E-state index in [4.69, 9.17) is 9.57 Å². The number of ether oxygens (including phenoxy) is 1. The highest BCUT2D eigenvalue weighted by Crippen LogP contribution is 2.66. The molecule has 46 heavy (non-hydrogen) atoms. The van der Waals surface area contributed by atoms with Crippen molar-refractivity contribution in [3.8, 4) is 0 Å². The number of likely N-dealkylation sites (tertiary alicyclic amines) is 1. The molecule has 2 saturated carbocycles. The molecule has 0 N–H and O–H groups in total. The van der Waals surface area contributed by atoms with E-state index in [1.54, 1.807) is 0 Å². The van der Waals surface area contributed by atoms with Crippen molar-refractivity contribution in [3.05, 3.63) is 22.8 Å². The van der Waals surface area contributed by atoms with E-state index in [0.29, 0.717) is 29.2 Å². The first-order chi connectivity index (χ1) is 21.6. The Morgan fingerprint density at radius 2 is 1.80 bits per heavy atom. The highest BCUT2D eigenvalue weighted by molar-refractivity contribution is 6.01. The molecule has 10 atom stereocenters. The van der Waals surface area contributed by atoms with E-state index >= 15 is 0 Å². The van der Waals surface area contributed by atoms with Crippen LogP contribution < -0.4 is 0 Å². The molecule has 0 radical (unpaired) electrons. The first-order valence-corrected chi connectivity index (χ1v) is 17.2. The summed E-state index contributed by atoms with van der Waals surface area (Å²) < 4.78 is 47.9. The first-order valence-electron chi connectivity index (χ1n) is 17.2. The Hall–Kier alpha value is -2.69. The van der Waals surface area contributed by atoms with Gasteiger partial charge in [-0.25, -0.2) is 4.79 Å². The van der Waals surface area contributed by atoms with Gasteiger partial charge >= 0.3 is 18.1 Å². The number of amides is 3. The van der Waals surface area contributed by atoms with Gasteiger partial charge in [0.05, 0.1) is 24.2 Å². The van der Waals surface area contributed by atoms with Crippen molar-refractivity contribution in [2.24, 2.45) is 40.9 Å². The number of hydroxylamine groups is 2. The maximum atomic E-state index is 13.7. The maximum absolute atomic E-state index is 13.7. The highest BCUT2D eigenvalue weighted by atomic mass is 19.4. The van der Waals surface area contributed by atoms with E-state index in [1.165, 1.54) is 16.7 Å². The fraction of sp³-hybridized carbons (Fsp3) is 0.771. The molecule has 3 aliphatic heterocycles. The van der Waals surface area contributed by atoms with Crippen LogP contribution in [-0.4, -0.2) is 64.1 Å². The van der Waals surface area contributed by atoms with Gasteiger partial charge in [-0.2, -0.15) is 13.2 Å². The van der Waals surface area contributed by atoms with Gasteiger partial charge in [0.2, 0.25) is 0 Å².